The summed E-state index contributed by atoms with van der Waals surface area (Å²) in [6.07, 6.45) is 6.75. The predicted octanol–water partition coefficient (Wildman–Crippen LogP) is 3.32. The van der Waals surface area contributed by atoms with Crippen molar-refractivity contribution in [3.63, 3.8) is 0 Å². The van der Waals surface area contributed by atoms with E-state index in [-0.39, 0.29) is 17.2 Å². The van der Waals surface area contributed by atoms with Crippen molar-refractivity contribution in [1.29, 1.82) is 0 Å². The molecule has 2 N–H and O–H groups in total. The van der Waals surface area contributed by atoms with Gasteiger partial charge in [-0.2, -0.15) is 0 Å². The second kappa shape index (κ2) is 7.55. The lowest BCUT2D eigenvalue weighted by atomic mass is 9.90. The van der Waals surface area contributed by atoms with Gasteiger partial charge in [0.15, 0.2) is 0 Å². The minimum absolute atomic E-state index is 0.171. The highest BCUT2D eigenvalue weighted by Crippen LogP contribution is 2.59. The number of aromatic nitrogens is 1. The Morgan fingerprint density at radius 3 is 2.61 bits per heavy atom. The molecule has 0 bridgehead atoms. The maximum Gasteiger partial charge on any atom is 0.223 e. The average Bonchev–Trinajstić information content (AvgIpc) is 3.40. The van der Waals surface area contributed by atoms with Crippen molar-refractivity contribution in [3.05, 3.63) is 58.9 Å². The normalized spacial score (nSPS) is 20.9. The van der Waals surface area contributed by atoms with E-state index in [2.05, 4.69) is 27.3 Å². The van der Waals surface area contributed by atoms with Crippen LogP contribution >= 0.6 is 0 Å². The molecule has 28 heavy (non-hydrogen) atoms. The highest BCUT2D eigenvalue weighted by Gasteiger charge is 2.58. The van der Waals surface area contributed by atoms with Crippen LogP contribution in [0, 0.1) is 25.2 Å². The molecule has 1 amide bonds. The maximum atomic E-state index is 12.6. The Kier molecular flexibility index (Phi) is 5.11. The highest BCUT2D eigenvalue weighted by molar-refractivity contribution is 5.82. The Morgan fingerprint density at radius 2 is 1.96 bits per heavy atom. The molecule has 1 saturated carbocycles. The van der Waals surface area contributed by atoms with Crippen LogP contribution in [0.15, 0.2) is 36.7 Å². The summed E-state index contributed by atoms with van der Waals surface area (Å²) in [5, 5.41) is 13.0. The number of benzene rings is 1. The minimum atomic E-state index is 0.171. The third kappa shape index (κ3) is 3.90. The van der Waals surface area contributed by atoms with Gasteiger partial charge in [-0.25, -0.2) is 0 Å². The Balaban J connectivity index is 1.27. The SMILES string of the molecule is Cc1cc(CN2CCC3(CC2)CC3C(=O)NCc2cccnc2)cc(C)c1O. The van der Waals surface area contributed by atoms with Crippen molar-refractivity contribution in [2.75, 3.05) is 13.1 Å². The van der Waals surface area contributed by atoms with Crippen LogP contribution in [0.25, 0.3) is 0 Å². The summed E-state index contributed by atoms with van der Waals surface area (Å²) in [6, 6.07) is 8.05. The van der Waals surface area contributed by atoms with Gasteiger partial charge in [0.1, 0.15) is 5.75 Å². The average molecular weight is 380 g/mol. The molecule has 1 aliphatic heterocycles. The summed E-state index contributed by atoms with van der Waals surface area (Å²) in [7, 11) is 0. The third-order valence-electron chi connectivity index (χ3n) is 6.50. The quantitative estimate of drug-likeness (QED) is 0.836. The van der Waals surface area contributed by atoms with Crippen molar-refractivity contribution in [2.24, 2.45) is 11.3 Å². The third-order valence-corrected chi connectivity index (χ3v) is 6.50. The Morgan fingerprint density at radius 1 is 1.25 bits per heavy atom. The number of phenols is 1. The first-order valence-corrected chi connectivity index (χ1v) is 10.1. The van der Waals surface area contributed by atoms with Crippen LogP contribution in [-0.4, -0.2) is 34.0 Å². The minimum Gasteiger partial charge on any atom is -0.507 e. The largest absolute Gasteiger partial charge is 0.507 e. The number of carbonyl (C=O) groups is 1. The number of piperidine rings is 1. The van der Waals surface area contributed by atoms with Crippen LogP contribution in [0.2, 0.25) is 0 Å². The number of rotatable bonds is 5. The van der Waals surface area contributed by atoms with Crippen LogP contribution in [0.5, 0.6) is 5.75 Å². The molecule has 2 heterocycles. The van der Waals surface area contributed by atoms with Crippen molar-refractivity contribution in [1.82, 2.24) is 15.2 Å². The fourth-order valence-electron chi connectivity index (χ4n) is 4.64. The van der Waals surface area contributed by atoms with Gasteiger partial charge in [0.25, 0.3) is 0 Å². The number of nitrogens with one attached hydrogen (secondary N) is 1. The molecule has 5 nitrogen and oxygen atoms in total. The molecule has 148 valence electrons. The molecule has 1 aliphatic carbocycles. The molecule has 5 heteroatoms. The first-order valence-electron chi connectivity index (χ1n) is 10.1. The van der Waals surface area contributed by atoms with Crippen molar-refractivity contribution < 1.29 is 9.90 Å². The molecule has 2 fully saturated rings. The fourth-order valence-corrected chi connectivity index (χ4v) is 4.64. The first-order chi connectivity index (χ1) is 13.5. The van der Waals surface area contributed by atoms with Gasteiger partial charge in [-0.05, 0) is 79.9 Å². The topological polar surface area (TPSA) is 65.5 Å². The van der Waals surface area contributed by atoms with Gasteiger partial charge in [-0.3, -0.25) is 14.7 Å². The van der Waals surface area contributed by atoms with E-state index in [0.29, 0.717) is 12.3 Å². The lowest BCUT2D eigenvalue weighted by Crippen LogP contribution is -2.36. The van der Waals surface area contributed by atoms with E-state index in [9.17, 15) is 9.90 Å². The van der Waals surface area contributed by atoms with Gasteiger partial charge >= 0.3 is 0 Å². The molecule has 1 aromatic heterocycles. The second-order valence-electron chi connectivity index (χ2n) is 8.55. The molecule has 2 aromatic rings. The van der Waals surface area contributed by atoms with Crippen molar-refractivity contribution >= 4 is 5.91 Å². The van der Waals surface area contributed by atoms with Gasteiger partial charge in [-0.1, -0.05) is 18.2 Å². The van der Waals surface area contributed by atoms with Crippen molar-refractivity contribution in [2.45, 2.75) is 46.2 Å². The van der Waals surface area contributed by atoms with Gasteiger partial charge < -0.3 is 10.4 Å². The lowest BCUT2D eigenvalue weighted by molar-refractivity contribution is -0.123. The number of aryl methyl sites for hydroxylation is 2. The van der Waals surface area contributed by atoms with E-state index in [1.165, 1.54) is 5.56 Å². The van der Waals surface area contributed by atoms with E-state index in [0.717, 1.165) is 55.6 Å². The van der Waals surface area contributed by atoms with Gasteiger partial charge in [0.05, 0.1) is 0 Å². The molecule has 1 spiro atoms. The summed E-state index contributed by atoms with van der Waals surface area (Å²) in [5.41, 5.74) is 4.40. The number of hydrogen-bond acceptors (Lipinski definition) is 4. The van der Waals surface area contributed by atoms with E-state index in [4.69, 9.17) is 0 Å². The van der Waals surface area contributed by atoms with Gasteiger partial charge in [0.2, 0.25) is 5.91 Å². The standard InChI is InChI=1S/C23H29N3O2/c1-16-10-19(11-17(2)21(16)27)15-26-8-5-23(6-9-26)12-20(23)22(28)25-14-18-4-3-7-24-13-18/h3-4,7,10-11,13,20,27H,5-6,8-9,12,14-15H2,1-2H3,(H,25,28). The molecule has 1 unspecified atom stereocenters. The fraction of sp³-hybridized carbons (Fsp3) is 0.478. The number of aromatic hydroxyl groups is 1. The molecular weight excluding hydrogens is 350 g/mol. The van der Waals surface area contributed by atoms with Crippen LogP contribution in [-0.2, 0) is 17.9 Å². The zero-order valence-electron chi connectivity index (χ0n) is 16.7. The zero-order chi connectivity index (χ0) is 19.7. The lowest BCUT2D eigenvalue weighted by Gasteiger charge is -2.33. The molecule has 1 saturated heterocycles. The summed E-state index contributed by atoms with van der Waals surface area (Å²) in [6.45, 7) is 7.45. The summed E-state index contributed by atoms with van der Waals surface area (Å²) >= 11 is 0. The van der Waals surface area contributed by atoms with Gasteiger partial charge in [-0.15, -0.1) is 0 Å². The van der Waals surface area contributed by atoms with Crippen LogP contribution in [0.1, 0.15) is 41.5 Å². The first kappa shape index (κ1) is 18.9. The summed E-state index contributed by atoms with van der Waals surface area (Å²) in [5.74, 6) is 0.769. The summed E-state index contributed by atoms with van der Waals surface area (Å²) in [4.78, 5) is 19.1. The number of carbonyl (C=O) groups excluding carboxylic acids is 1. The van der Waals surface area contributed by atoms with E-state index < -0.39 is 0 Å². The highest BCUT2D eigenvalue weighted by atomic mass is 16.3. The van der Waals surface area contributed by atoms with Crippen LogP contribution in [0.3, 0.4) is 0 Å². The van der Waals surface area contributed by atoms with E-state index >= 15 is 0 Å². The van der Waals surface area contributed by atoms with E-state index in [1.807, 2.05) is 26.0 Å². The zero-order valence-corrected chi connectivity index (χ0v) is 16.7. The number of nitrogens with zero attached hydrogens (tertiary/aromatic N) is 2. The Bertz CT molecular complexity index is 834. The maximum absolute atomic E-state index is 12.6. The molecule has 2 aliphatic rings. The Hall–Kier alpha value is -2.40. The molecule has 1 atom stereocenters. The predicted molar refractivity (Wildman–Crippen MR) is 109 cm³/mol. The molecule has 4 rings (SSSR count). The number of pyridine rings is 1. The summed E-state index contributed by atoms with van der Waals surface area (Å²) < 4.78 is 0. The smallest absolute Gasteiger partial charge is 0.223 e. The van der Waals surface area contributed by atoms with Gasteiger partial charge in [0, 0.05) is 31.4 Å². The van der Waals surface area contributed by atoms with E-state index in [1.54, 1.807) is 12.4 Å². The molecule has 0 radical (unpaired) electrons. The monoisotopic (exact) mass is 379 g/mol. The number of likely N-dealkylation sites (tertiary alicyclic amines) is 1. The number of amides is 1. The van der Waals surface area contributed by atoms with Crippen LogP contribution < -0.4 is 5.32 Å². The van der Waals surface area contributed by atoms with Crippen molar-refractivity contribution in [3.8, 4) is 5.75 Å². The Labute approximate surface area is 166 Å². The second-order valence-corrected chi connectivity index (χ2v) is 8.55. The number of phenolic OH excluding ortho intramolecular Hbond substituents is 1. The molecule has 1 aromatic carbocycles. The number of hydrogen-bond donors (Lipinski definition) is 2. The molecular formula is C23H29N3O2. The van der Waals surface area contributed by atoms with Crippen LogP contribution in [0.4, 0.5) is 0 Å².